The van der Waals surface area contributed by atoms with E-state index in [1.165, 1.54) is 60.3 Å². The summed E-state index contributed by atoms with van der Waals surface area (Å²) < 4.78 is 2.27. The Bertz CT molecular complexity index is 2450. The highest BCUT2D eigenvalue weighted by Gasteiger charge is 2.19. The Balaban J connectivity index is 1.30. The summed E-state index contributed by atoms with van der Waals surface area (Å²) in [7, 11) is 0. The van der Waals surface area contributed by atoms with Gasteiger partial charge in [-0.1, -0.05) is 127 Å². The molecule has 210 valence electrons. The van der Waals surface area contributed by atoms with Crippen LogP contribution in [0.4, 0.5) is 0 Å². The maximum absolute atomic E-state index is 4.83. The first-order valence-corrected chi connectivity index (χ1v) is 15.4. The molecule has 2 nitrogen and oxygen atoms in total. The molecular formula is C43H28N2. The number of hydrogen-bond acceptors (Lipinski definition) is 1. The number of pyridine rings is 1. The maximum atomic E-state index is 4.83. The summed E-state index contributed by atoms with van der Waals surface area (Å²) in [6.07, 6.45) is 1.88. The van der Waals surface area contributed by atoms with Crippen molar-refractivity contribution in [2.45, 2.75) is 0 Å². The van der Waals surface area contributed by atoms with Crippen LogP contribution >= 0.6 is 0 Å². The number of fused-ring (bicyclic) bond motifs is 5. The van der Waals surface area contributed by atoms with Crippen molar-refractivity contribution < 1.29 is 0 Å². The van der Waals surface area contributed by atoms with Gasteiger partial charge in [0.25, 0.3) is 0 Å². The fourth-order valence-corrected chi connectivity index (χ4v) is 7.05. The molecule has 0 fully saturated rings. The van der Waals surface area contributed by atoms with Crippen molar-refractivity contribution >= 4 is 43.5 Å². The summed E-state index contributed by atoms with van der Waals surface area (Å²) in [6.45, 7) is 0. The Morgan fingerprint density at radius 2 is 0.844 bits per heavy atom. The second-order valence-electron chi connectivity index (χ2n) is 11.6. The predicted molar refractivity (Wildman–Crippen MR) is 190 cm³/mol. The van der Waals surface area contributed by atoms with Crippen LogP contribution in [0.15, 0.2) is 170 Å². The predicted octanol–water partition coefficient (Wildman–Crippen LogP) is 11.5. The molecule has 2 aromatic heterocycles. The number of para-hydroxylation sites is 1. The summed E-state index contributed by atoms with van der Waals surface area (Å²) in [4.78, 5) is 4.83. The van der Waals surface area contributed by atoms with Crippen LogP contribution in [0.3, 0.4) is 0 Å². The number of aromatic nitrogens is 2. The minimum Gasteiger partial charge on any atom is -0.294 e. The fourth-order valence-electron chi connectivity index (χ4n) is 7.05. The number of rotatable bonds is 4. The van der Waals surface area contributed by atoms with Gasteiger partial charge in [0.05, 0.1) is 5.52 Å². The highest BCUT2D eigenvalue weighted by Crippen LogP contribution is 2.45. The van der Waals surface area contributed by atoms with E-state index in [1.54, 1.807) is 0 Å². The van der Waals surface area contributed by atoms with Crippen molar-refractivity contribution in [3.8, 4) is 39.1 Å². The van der Waals surface area contributed by atoms with Crippen molar-refractivity contribution in [3.63, 3.8) is 0 Å². The standard InChI is InChI=1S/C43H28N2/c1-3-12-29(13-4-1)30-21-23-31(24-22-30)41-34-16-7-9-18-36(34)42(37-19-10-8-17-35(37)41)32-25-26-40-39(28-32)38-20-11-27-44-43(38)45(40)33-14-5-2-6-15-33/h1-28H. The molecule has 0 N–H and O–H groups in total. The minimum absolute atomic E-state index is 0.972. The second-order valence-corrected chi connectivity index (χ2v) is 11.6. The summed E-state index contributed by atoms with van der Waals surface area (Å²) in [5.74, 6) is 0. The van der Waals surface area contributed by atoms with Crippen LogP contribution in [0.2, 0.25) is 0 Å². The molecule has 9 aromatic rings. The Morgan fingerprint density at radius 1 is 0.356 bits per heavy atom. The van der Waals surface area contributed by atoms with Crippen LogP contribution in [0.25, 0.3) is 82.5 Å². The molecule has 2 heterocycles. The van der Waals surface area contributed by atoms with E-state index >= 15 is 0 Å². The van der Waals surface area contributed by atoms with Crippen molar-refractivity contribution in [1.82, 2.24) is 9.55 Å². The van der Waals surface area contributed by atoms with E-state index in [0.717, 1.165) is 22.2 Å². The normalized spacial score (nSPS) is 11.6. The van der Waals surface area contributed by atoms with Gasteiger partial charge in [-0.05, 0) is 91.3 Å². The van der Waals surface area contributed by atoms with Crippen molar-refractivity contribution in [1.29, 1.82) is 0 Å². The highest BCUT2D eigenvalue weighted by atomic mass is 15.0. The first-order valence-electron chi connectivity index (χ1n) is 15.4. The van der Waals surface area contributed by atoms with Gasteiger partial charge in [0.1, 0.15) is 5.65 Å². The van der Waals surface area contributed by atoms with Gasteiger partial charge in [0.15, 0.2) is 0 Å². The van der Waals surface area contributed by atoms with Gasteiger partial charge < -0.3 is 0 Å². The van der Waals surface area contributed by atoms with Crippen LogP contribution in [0.1, 0.15) is 0 Å². The topological polar surface area (TPSA) is 17.8 Å². The zero-order valence-electron chi connectivity index (χ0n) is 24.6. The third-order valence-electron chi connectivity index (χ3n) is 9.04. The molecule has 0 spiro atoms. The Hall–Kier alpha value is -5.99. The molecule has 0 saturated heterocycles. The molecule has 0 amide bonds. The van der Waals surface area contributed by atoms with Crippen molar-refractivity contribution in [2.75, 3.05) is 0 Å². The molecule has 0 aliphatic heterocycles. The third-order valence-corrected chi connectivity index (χ3v) is 9.04. The zero-order valence-corrected chi connectivity index (χ0v) is 24.6. The molecule has 9 rings (SSSR count). The van der Waals surface area contributed by atoms with Gasteiger partial charge in [-0.3, -0.25) is 4.57 Å². The lowest BCUT2D eigenvalue weighted by molar-refractivity contribution is 1.14. The lowest BCUT2D eigenvalue weighted by Crippen LogP contribution is -1.94. The van der Waals surface area contributed by atoms with E-state index in [0.29, 0.717) is 0 Å². The van der Waals surface area contributed by atoms with Gasteiger partial charge in [0, 0.05) is 22.7 Å². The molecule has 2 heteroatoms. The molecule has 0 unspecified atom stereocenters. The lowest BCUT2D eigenvalue weighted by Gasteiger charge is -2.18. The molecule has 0 bridgehead atoms. The highest BCUT2D eigenvalue weighted by molar-refractivity contribution is 6.22. The van der Waals surface area contributed by atoms with E-state index < -0.39 is 0 Å². The summed E-state index contributed by atoms with van der Waals surface area (Å²) in [6, 6.07) is 59.0. The van der Waals surface area contributed by atoms with Crippen LogP contribution in [0.5, 0.6) is 0 Å². The Morgan fingerprint density at radius 3 is 1.49 bits per heavy atom. The largest absolute Gasteiger partial charge is 0.294 e. The Labute approximate surface area is 261 Å². The van der Waals surface area contributed by atoms with Crippen LogP contribution in [-0.4, -0.2) is 9.55 Å². The number of nitrogens with zero attached hydrogens (tertiary/aromatic N) is 2. The zero-order chi connectivity index (χ0) is 29.7. The monoisotopic (exact) mass is 572 g/mol. The van der Waals surface area contributed by atoms with E-state index in [1.807, 2.05) is 12.3 Å². The van der Waals surface area contributed by atoms with Crippen LogP contribution < -0.4 is 0 Å². The fraction of sp³-hybridized carbons (Fsp3) is 0. The molecule has 45 heavy (non-hydrogen) atoms. The molecule has 0 atom stereocenters. The Kier molecular flexibility index (Phi) is 5.85. The molecule has 0 saturated carbocycles. The molecule has 0 aliphatic carbocycles. The van der Waals surface area contributed by atoms with Gasteiger partial charge in [-0.15, -0.1) is 0 Å². The summed E-state index contributed by atoms with van der Waals surface area (Å²) in [5, 5.41) is 7.37. The second kappa shape index (κ2) is 10.3. The number of hydrogen-bond donors (Lipinski definition) is 0. The van der Waals surface area contributed by atoms with Crippen molar-refractivity contribution in [3.05, 3.63) is 170 Å². The molecular weight excluding hydrogens is 544 g/mol. The van der Waals surface area contributed by atoms with Gasteiger partial charge in [0.2, 0.25) is 0 Å². The van der Waals surface area contributed by atoms with Gasteiger partial charge in [-0.2, -0.15) is 0 Å². The van der Waals surface area contributed by atoms with Crippen molar-refractivity contribution in [2.24, 2.45) is 0 Å². The molecule has 7 aromatic carbocycles. The maximum Gasteiger partial charge on any atom is 0.145 e. The van der Waals surface area contributed by atoms with Crippen LogP contribution in [-0.2, 0) is 0 Å². The van der Waals surface area contributed by atoms with E-state index in [9.17, 15) is 0 Å². The quantitative estimate of drug-likeness (QED) is 0.192. The third kappa shape index (κ3) is 4.07. The first kappa shape index (κ1) is 25.5. The van der Waals surface area contributed by atoms with E-state index in [-0.39, 0.29) is 0 Å². The SMILES string of the molecule is c1ccc(-c2ccc(-c3c4ccccc4c(-c4ccc5c(c4)c4cccnc4n5-c4ccccc4)c4ccccc34)cc2)cc1. The van der Waals surface area contributed by atoms with Crippen LogP contribution in [0, 0.1) is 0 Å². The number of benzene rings is 7. The minimum atomic E-state index is 0.972. The van der Waals surface area contributed by atoms with E-state index in [2.05, 4.69) is 162 Å². The first-order chi connectivity index (χ1) is 22.3. The summed E-state index contributed by atoms with van der Waals surface area (Å²) >= 11 is 0. The molecule has 0 radical (unpaired) electrons. The average Bonchev–Trinajstić information content (AvgIpc) is 3.45. The van der Waals surface area contributed by atoms with Gasteiger partial charge in [-0.25, -0.2) is 4.98 Å². The van der Waals surface area contributed by atoms with Gasteiger partial charge >= 0.3 is 0 Å². The van der Waals surface area contributed by atoms with E-state index in [4.69, 9.17) is 4.98 Å². The smallest absolute Gasteiger partial charge is 0.145 e. The summed E-state index contributed by atoms with van der Waals surface area (Å²) in [5.41, 5.74) is 10.7. The lowest BCUT2D eigenvalue weighted by atomic mass is 9.85. The molecule has 0 aliphatic rings. The average molecular weight is 573 g/mol.